The summed E-state index contributed by atoms with van der Waals surface area (Å²) in [4.78, 5) is 38.7. The summed E-state index contributed by atoms with van der Waals surface area (Å²) in [5, 5.41) is 24.7. The Hall–Kier alpha value is -5.69. The molecule has 0 fully saturated rings. The van der Waals surface area contributed by atoms with Crippen LogP contribution in [0.1, 0.15) is 31.1 Å². The second-order valence-electron chi connectivity index (χ2n) is 8.72. The highest BCUT2D eigenvalue weighted by Crippen LogP contribution is 2.38. The number of ether oxygens (including phenoxy) is 3. The summed E-state index contributed by atoms with van der Waals surface area (Å²) in [5.74, 6) is -1.06. The first-order valence-electron chi connectivity index (χ1n) is 12.8. The molecule has 0 unspecified atom stereocenters. The number of azo groups is 3. The number of nitrogens with zero attached hydrogens (tertiary/aromatic N) is 6. The summed E-state index contributed by atoms with van der Waals surface area (Å²) in [6, 6.07) is 22.9. The minimum Gasteiger partial charge on any atom is -0.496 e. The molecule has 4 rings (SSSR count). The van der Waals surface area contributed by atoms with E-state index in [2.05, 4.69) is 30.7 Å². The highest BCUT2D eigenvalue weighted by molar-refractivity contribution is 6.36. The van der Waals surface area contributed by atoms with Crippen molar-refractivity contribution in [3.8, 4) is 17.2 Å². The lowest BCUT2D eigenvalue weighted by atomic mass is 10.2. The van der Waals surface area contributed by atoms with Crippen LogP contribution in [-0.4, -0.2) is 49.3 Å². The topological polar surface area (TPSA) is 153 Å². The molecule has 4 aromatic rings. The van der Waals surface area contributed by atoms with Crippen molar-refractivity contribution in [2.45, 2.75) is 0 Å². The summed E-state index contributed by atoms with van der Waals surface area (Å²) in [6.45, 7) is 0. The Labute approximate surface area is 249 Å². The molecule has 4 aromatic carbocycles. The quantitative estimate of drug-likeness (QED) is 0.185. The molecule has 0 aromatic heterocycles. The molecule has 0 saturated carbocycles. The van der Waals surface area contributed by atoms with Crippen LogP contribution in [0.15, 0.2) is 116 Å². The molecule has 0 heterocycles. The third-order valence-corrected chi connectivity index (χ3v) is 6.88. The van der Waals surface area contributed by atoms with E-state index in [0.717, 1.165) is 0 Å². The minimum atomic E-state index is -0.697. The number of amides is 3. The molecule has 0 aliphatic carbocycles. The van der Waals surface area contributed by atoms with E-state index >= 15 is 0 Å². The highest BCUT2D eigenvalue weighted by atomic mass is 28.1. The van der Waals surface area contributed by atoms with Gasteiger partial charge in [-0.2, -0.15) is 0 Å². The molecule has 0 atom stereocenters. The average Bonchev–Trinajstić information content (AvgIpc) is 3.05. The summed E-state index contributed by atoms with van der Waals surface area (Å²) >= 11 is 0. The molecule has 0 saturated heterocycles. The van der Waals surface area contributed by atoms with E-state index in [0.29, 0.717) is 32.7 Å². The number of methoxy groups -OCH3 is 3. The van der Waals surface area contributed by atoms with Crippen molar-refractivity contribution in [3.63, 3.8) is 0 Å². The molecule has 0 radical (unpaired) electrons. The van der Waals surface area contributed by atoms with Crippen LogP contribution in [0, 0.1) is 0 Å². The Balaban J connectivity index is 1.78. The van der Waals surface area contributed by atoms with E-state index in [4.69, 9.17) is 14.2 Å². The van der Waals surface area contributed by atoms with Crippen LogP contribution < -0.4 is 19.4 Å². The smallest absolute Gasteiger partial charge is 0.299 e. The Morgan fingerprint density at radius 2 is 0.884 bits per heavy atom. The zero-order chi connectivity index (χ0) is 30.8. The number of hydrogen-bond acceptors (Lipinski definition) is 9. The summed E-state index contributed by atoms with van der Waals surface area (Å²) < 4.78 is 15.8. The van der Waals surface area contributed by atoms with Crippen molar-refractivity contribution in [3.05, 3.63) is 102 Å². The fourth-order valence-corrected chi connectivity index (χ4v) is 4.39. The van der Waals surface area contributed by atoms with Gasteiger partial charge < -0.3 is 14.2 Å². The predicted molar refractivity (Wildman–Crippen MR) is 162 cm³/mol. The zero-order valence-corrected chi connectivity index (χ0v) is 25.7. The van der Waals surface area contributed by atoms with Crippen molar-refractivity contribution in [1.29, 1.82) is 0 Å². The van der Waals surface area contributed by atoms with Gasteiger partial charge >= 0.3 is 0 Å². The van der Waals surface area contributed by atoms with E-state index in [9.17, 15) is 14.4 Å². The monoisotopic (exact) mass is 594 g/mol. The molecule has 3 amide bonds. The molecule has 0 aliphatic rings. The van der Waals surface area contributed by atoms with Crippen LogP contribution >= 0.6 is 0 Å². The number of benzene rings is 4. The van der Waals surface area contributed by atoms with E-state index in [1.807, 2.05) is 0 Å². The lowest BCUT2D eigenvalue weighted by Crippen LogP contribution is -2.03. The SMILES string of the molecule is COc1ccccc1C(=O)N=Nc1ccc([SiH3])c(N=NC(=O)c2ccccc2OC)c1N=NC(=O)c1ccccc1OC. The number of rotatable bonds is 9. The van der Waals surface area contributed by atoms with Gasteiger partial charge in [0.25, 0.3) is 17.7 Å². The molecule has 13 heteroatoms. The van der Waals surface area contributed by atoms with Crippen molar-refractivity contribution in [2.75, 3.05) is 21.3 Å². The first-order valence-corrected chi connectivity index (χ1v) is 13.8. The predicted octanol–water partition coefficient (Wildman–Crippen LogP) is 5.48. The summed E-state index contributed by atoms with van der Waals surface area (Å²) in [6.07, 6.45) is 0. The van der Waals surface area contributed by atoms with Gasteiger partial charge in [0.15, 0.2) is 0 Å². The Morgan fingerprint density at radius 1 is 0.512 bits per heavy atom. The molecule has 0 bridgehead atoms. The zero-order valence-electron chi connectivity index (χ0n) is 23.7. The largest absolute Gasteiger partial charge is 0.496 e. The molecule has 216 valence electrons. The van der Waals surface area contributed by atoms with Gasteiger partial charge in [-0.15, -0.1) is 30.7 Å². The van der Waals surface area contributed by atoms with Crippen LogP contribution in [-0.2, 0) is 0 Å². The molecule has 0 spiro atoms. The highest BCUT2D eigenvalue weighted by Gasteiger charge is 2.17. The van der Waals surface area contributed by atoms with Gasteiger partial charge in [-0.3, -0.25) is 14.4 Å². The van der Waals surface area contributed by atoms with E-state index < -0.39 is 17.7 Å². The molecule has 0 aliphatic heterocycles. The lowest BCUT2D eigenvalue weighted by Gasteiger charge is -2.07. The number of para-hydroxylation sites is 3. The van der Waals surface area contributed by atoms with Crippen molar-refractivity contribution in [1.82, 2.24) is 0 Å². The van der Waals surface area contributed by atoms with E-state index in [1.165, 1.54) is 21.3 Å². The molecular formula is C30H26N6O6Si. The minimum absolute atomic E-state index is 0.0103. The third-order valence-electron chi connectivity index (χ3n) is 6.07. The van der Waals surface area contributed by atoms with Crippen LogP contribution in [0.4, 0.5) is 17.1 Å². The average molecular weight is 595 g/mol. The number of carbonyl (C=O) groups excluding carboxylic acids is 3. The van der Waals surface area contributed by atoms with Crippen molar-refractivity contribution in [2.24, 2.45) is 30.7 Å². The standard InChI is InChI=1S/C30H26N6O6Si/c1-40-22-13-7-4-10-18(22)28(37)34-31-21-16-17-25(43)27(33-36-30(39)20-12-6-9-15-24(20)42-3)26(21)32-35-29(38)19-11-5-8-14-23(19)41-2/h4-17H,1-3,43H3. The maximum Gasteiger partial charge on any atom is 0.299 e. The van der Waals surface area contributed by atoms with Crippen LogP contribution in [0.3, 0.4) is 0 Å². The first kappa shape index (κ1) is 30.3. The normalized spacial score (nSPS) is 11.3. The Bertz CT molecular complexity index is 1770. The first-order chi connectivity index (χ1) is 20.9. The second-order valence-corrected chi connectivity index (χ2v) is 9.79. The van der Waals surface area contributed by atoms with Crippen molar-refractivity contribution >= 4 is 50.2 Å². The van der Waals surface area contributed by atoms with Crippen LogP contribution in [0.25, 0.3) is 0 Å². The third kappa shape index (κ3) is 7.15. The molecule has 43 heavy (non-hydrogen) atoms. The molecule has 12 nitrogen and oxygen atoms in total. The number of hydrogen-bond donors (Lipinski definition) is 0. The fraction of sp³-hybridized carbons (Fsp3) is 0.100. The van der Waals surface area contributed by atoms with Gasteiger partial charge in [-0.1, -0.05) is 42.5 Å². The van der Waals surface area contributed by atoms with Crippen LogP contribution in [0.2, 0.25) is 0 Å². The van der Waals surface area contributed by atoms with Gasteiger partial charge in [0.1, 0.15) is 34.3 Å². The van der Waals surface area contributed by atoms with Gasteiger partial charge in [-0.25, -0.2) is 0 Å². The summed E-state index contributed by atoms with van der Waals surface area (Å²) in [5.41, 5.74) is 0.788. The van der Waals surface area contributed by atoms with Gasteiger partial charge in [0.2, 0.25) is 0 Å². The summed E-state index contributed by atoms with van der Waals surface area (Å²) in [7, 11) is 4.77. The second kappa shape index (κ2) is 14.3. The van der Waals surface area contributed by atoms with Gasteiger partial charge in [0.05, 0.1) is 38.0 Å². The number of carbonyl (C=O) groups is 3. The van der Waals surface area contributed by atoms with E-state index in [-0.39, 0.29) is 33.8 Å². The fourth-order valence-electron chi connectivity index (χ4n) is 3.89. The van der Waals surface area contributed by atoms with Gasteiger partial charge in [0, 0.05) is 10.2 Å². The maximum atomic E-state index is 13.0. The van der Waals surface area contributed by atoms with Crippen molar-refractivity contribution < 1.29 is 28.6 Å². The van der Waals surface area contributed by atoms with Gasteiger partial charge in [-0.05, 0) is 47.7 Å². The Kier molecular flexibility index (Phi) is 10.0. The molecular weight excluding hydrogens is 568 g/mol. The lowest BCUT2D eigenvalue weighted by molar-refractivity contribution is 0.0983. The van der Waals surface area contributed by atoms with E-state index in [1.54, 1.807) is 84.9 Å². The van der Waals surface area contributed by atoms with Crippen LogP contribution in [0.5, 0.6) is 17.2 Å². The Morgan fingerprint density at radius 3 is 1.30 bits per heavy atom. The maximum absolute atomic E-state index is 13.0. The molecule has 0 N–H and O–H groups in total.